The summed E-state index contributed by atoms with van der Waals surface area (Å²) in [6.07, 6.45) is 0.987. The number of fused-ring (bicyclic) bond motifs is 1. The molecule has 128 valence electrons. The Morgan fingerprint density at radius 2 is 1.56 bits per heavy atom. The molecule has 0 saturated heterocycles. The lowest BCUT2D eigenvalue weighted by Gasteiger charge is -2.45. The van der Waals surface area contributed by atoms with Gasteiger partial charge in [0.05, 0.1) is 0 Å². The molecule has 4 nitrogen and oxygen atoms in total. The highest BCUT2D eigenvalue weighted by molar-refractivity contribution is 5.96. The third-order valence-electron chi connectivity index (χ3n) is 5.73. The van der Waals surface area contributed by atoms with Gasteiger partial charge in [-0.05, 0) is 41.5 Å². The molecule has 0 aromatic heterocycles. The van der Waals surface area contributed by atoms with Crippen LogP contribution >= 0.6 is 0 Å². The van der Waals surface area contributed by atoms with Crippen molar-refractivity contribution in [2.24, 2.45) is 11.8 Å². The van der Waals surface area contributed by atoms with Crippen molar-refractivity contribution in [3.63, 3.8) is 0 Å². The van der Waals surface area contributed by atoms with Gasteiger partial charge in [-0.3, -0.25) is 9.59 Å². The van der Waals surface area contributed by atoms with Crippen LogP contribution in [0.5, 0.6) is 0 Å². The van der Waals surface area contributed by atoms with E-state index in [0.29, 0.717) is 18.4 Å². The Morgan fingerprint density at radius 3 is 2.08 bits per heavy atom. The van der Waals surface area contributed by atoms with Crippen molar-refractivity contribution < 1.29 is 14.7 Å². The molecule has 3 aliphatic carbocycles. The smallest absolute Gasteiger partial charge is 0.315 e. The van der Waals surface area contributed by atoms with Crippen LogP contribution in [0.25, 0.3) is 0 Å². The number of aliphatic carboxylic acids is 1. The van der Waals surface area contributed by atoms with Gasteiger partial charge in [-0.2, -0.15) is 0 Å². The van der Waals surface area contributed by atoms with Crippen LogP contribution in [0.2, 0.25) is 0 Å². The molecule has 25 heavy (non-hydrogen) atoms. The van der Waals surface area contributed by atoms with Crippen LogP contribution in [-0.4, -0.2) is 23.5 Å². The zero-order valence-electron chi connectivity index (χ0n) is 14.1. The molecule has 5 rings (SSSR count). The molecule has 3 aliphatic rings. The van der Waals surface area contributed by atoms with Crippen LogP contribution in [-0.2, 0) is 9.59 Å². The molecular weight excluding hydrogens is 314 g/mol. The number of nitrogens with one attached hydrogen (secondary N) is 1. The van der Waals surface area contributed by atoms with Gasteiger partial charge in [0.2, 0.25) is 5.91 Å². The molecule has 2 N–H and O–H groups in total. The summed E-state index contributed by atoms with van der Waals surface area (Å²) in [6, 6.07) is 17.1. The minimum Gasteiger partial charge on any atom is -0.481 e. The molecule has 4 heteroatoms. The number of amides is 1. The van der Waals surface area contributed by atoms with Gasteiger partial charge in [0.1, 0.15) is 5.92 Å². The normalized spacial score (nSPS) is 24.1. The molecule has 2 aromatic carbocycles. The Labute approximate surface area is 146 Å². The lowest BCUT2D eigenvalue weighted by Crippen LogP contribution is -2.41. The van der Waals surface area contributed by atoms with Gasteiger partial charge in [0, 0.05) is 18.4 Å². The van der Waals surface area contributed by atoms with Crippen LogP contribution in [0.1, 0.15) is 47.4 Å². The van der Waals surface area contributed by atoms with E-state index in [4.69, 9.17) is 5.11 Å². The number of carbonyl (C=O) groups excluding carboxylic acids is 1. The van der Waals surface area contributed by atoms with Crippen molar-refractivity contribution in [1.29, 1.82) is 0 Å². The van der Waals surface area contributed by atoms with Crippen LogP contribution in [0.4, 0.5) is 0 Å². The second-order valence-corrected chi connectivity index (χ2v) is 7.09. The van der Waals surface area contributed by atoms with Gasteiger partial charge in [-0.1, -0.05) is 48.5 Å². The maximum Gasteiger partial charge on any atom is 0.315 e. The highest BCUT2D eigenvalue weighted by atomic mass is 16.4. The SMILES string of the molecule is CC(C(=O)O)C(=O)NCC1CC2c3ccccc3C1c1ccccc12. The molecule has 2 atom stereocenters. The van der Waals surface area contributed by atoms with Gasteiger partial charge in [-0.25, -0.2) is 0 Å². The maximum absolute atomic E-state index is 12.0. The van der Waals surface area contributed by atoms with Gasteiger partial charge in [-0.15, -0.1) is 0 Å². The van der Waals surface area contributed by atoms with E-state index in [0.717, 1.165) is 6.42 Å². The highest BCUT2D eigenvalue weighted by Gasteiger charge is 2.43. The first-order valence-corrected chi connectivity index (χ1v) is 8.76. The Morgan fingerprint density at radius 1 is 1.04 bits per heavy atom. The third kappa shape index (κ3) is 2.53. The maximum atomic E-state index is 12.0. The summed E-state index contributed by atoms with van der Waals surface area (Å²) in [5, 5.41) is 11.9. The molecule has 0 aliphatic heterocycles. The first kappa shape index (κ1) is 15.9. The number of hydrogen-bond acceptors (Lipinski definition) is 2. The first-order valence-electron chi connectivity index (χ1n) is 8.76. The van der Waals surface area contributed by atoms with Crippen molar-refractivity contribution in [3.05, 3.63) is 70.8 Å². The van der Waals surface area contributed by atoms with Gasteiger partial charge < -0.3 is 10.4 Å². The van der Waals surface area contributed by atoms with Crippen LogP contribution < -0.4 is 5.32 Å². The number of benzene rings is 2. The summed E-state index contributed by atoms with van der Waals surface area (Å²) in [4.78, 5) is 23.0. The van der Waals surface area contributed by atoms with Crippen LogP contribution in [0.3, 0.4) is 0 Å². The van der Waals surface area contributed by atoms with Gasteiger partial charge in [0.25, 0.3) is 0 Å². The minimum absolute atomic E-state index is 0.262. The Kier molecular flexibility index (Phi) is 3.83. The number of rotatable bonds is 4. The summed E-state index contributed by atoms with van der Waals surface area (Å²) in [7, 11) is 0. The van der Waals surface area contributed by atoms with Gasteiger partial charge in [0.15, 0.2) is 0 Å². The van der Waals surface area contributed by atoms with Crippen molar-refractivity contribution in [3.8, 4) is 0 Å². The van der Waals surface area contributed by atoms with E-state index in [-0.39, 0.29) is 5.92 Å². The standard InChI is InChI=1S/C21H21NO3/c1-12(21(24)25)20(23)22-11-13-10-18-14-6-2-4-8-16(14)19(13)17-9-5-3-7-15(17)18/h2-9,12-13,18-19H,10-11H2,1H3,(H,22,23)(H,24,25). The molecule has 2 unspecified atom stereocenters. The Bertz CT molecular complexity index is 797. The fraction of sp³-hybridized carbons (Fsp3) is 0.333. The number of carboxylic acids is 1. The average molecular weight is 335 g/mol. The molecule has 0 fully saturated rings. The quantitative estimate of drug-likeness (QED) is 0.844. The molecule has 1 amide bonds. The third-order valence-corrected chi connectivity index (χ3v) is 5.73. The van der Waals surface area contributed by atoms with E-state index < -0.39 is 17.8 Å². The highest BCUT2D eigenvalue weighted by Crippen LogP contribution is 2.55. The monoisotopic (exact) mass is 335 g/mol. The second kappa shape index (κ2) is 6.03. The average Bonchev–Trinajstić information content (AvgIpc) is 2.65. The zero-order valence-corrected chi connectivity index (χ0v) is 14.1. The molecule has 2 bridgehead atoms. The topological polar surface area (TPSA) is 66.4 Å². The van der Waals surface area contributed by atoms with Crippen molar-refractivity contribution in [2.75, 3.05) is 6.54 Å². The number of hydrogen-bond donors (Lipinski definition) is 2. The van der Waals surface area contributed by atoms with Crippen LogP contribution in [0, 0.1) is 11.8 Å². The van der Waals surface area contributed by atoms with Crippen molar-refractivity contribution >= 4 is 11.9 Å². The summed E-state index contributed by atoms with van der Waals surface area (Å²) in [5.41, 5.74) is 5.49. The number of carboxylic acid groups (broad SMARTS) is 1. The van der Waals surface area contributed by atoms with Crippen LogP contribution in [0.15, 0.2) is 48.5 Å². The molecule has 2 aromatic rings. The Balaban J connectivity index is 1.63. The van der Waals surface area contributed by atoms with Crippen molar-refractivity contribution in [1.82, 2.24) is 5.32 Å². The molecule has 0 radical (unpaired) electrons. The second-order valence-electron chi connectivity index (χ2n) is 7.09. The summed E-state index contributed by atoms with van der Waals surface area (Å²) in [5.74, 6) is -1.59. The van der Waals surface area contributed by atoms with E-state index in [9.17, 15) is 9.59 Å². The van der Waals surface area contributed by atoms with E-state index in [1.807, 2.05) is 0 Å². The predicted octanol–water partition coefficient (Wildman–Crippen LogP) is 3.12. The minimum atomic E-state index is -1.08. The molecular formula is C21H21NO3. The summed E-state index contributed by atoms with van der Waals surface area (Å²) >= 11 is 0. The lowest BCUT2D eigenvalue weighted by molar-refractivity contribution is -0.146. The molecule has 0 spiro atoms. The summed E-state index contributed by atoms with van der Waals surface area (Å²) < 4.78 is 0. The Hall–Kier alpha value is -2.62. The number of carbonyl (C=O) groups is 2. The van der Waals surface area contributed by atoms with Gasteiger partial charge >= 0.3 is 5.97 Å². The van der Waals surface area contributed by atoms with Crippen molar-refractivity contribution in [2.45, 2.75) is 25.2 Å². The predicted molar refractivity (Wildman–Crippen MR) is 94.5 cm³/mol. The fourth-order valence-electron chi connectivity index (χ4n) is 4.46. The molecule has 0 saturated carbocycles. The van der Waals surface area contributed by atoms with E-state index >= 15 is 0 Å². The van der Waals surface area contributed by atoms with E-state index in [1.54, 1.807) is 0 Å². The lowest BCUT2D eigenvalue weighted by atomic mass is 9.59. The molecule has 0 heterocycles. The van der Waals surface area contributed by atoms with E-state index in [2.05, 4.69) is 53.8 Å². The summed E-state index contributed by atoms with van der Waals surface area (Å²) in [6.45, 7) is 1.94. The largest absolute Gasteiger partial charge is 0.481 e. The zero-order chi connectivity index (χ0) is 17.6. The first-order chi connectivity index (χ1) is 12.1. The van der Waals surface area contributed by atoms with E-state index in [1.165, 1.54) is 29.2 Å². The fourth-order valence-corrected chi connectivity index (χ4v) is 4.46.